The van der Waals surface area contributed by atoms with E-state index in [1.807, 2.05) is 11.8 Å². The van der Waals surface area contributed by atoms with Crippen molar-refractivity contribution >= 4 is 5.91 Å². The van der Waals surface area contributed by atoms with Gasteiger partial charge in [0.05, 0.1) is 0 Å². The molecule has 1 fully saturated rings. The van der Waals surface area contributed by atoms with Gasteiger partial charge in [-0.3, -0.25) is 9.89 Å². The second kappa shape index (κ2) is 7.54. The number of H-pyrrole nitrogens is 1. The Morgan fingerprint density at radius 2 is 1.90 bits per heavy atom. The molecule has 0 saturated heterocycles. The Labute approximate surface area is 126 Å². The Bertz CT molecular complexity index is 451. The molecular weight excluding hydrogens is 266 g/mol. The Morgan fingerprint density at radius 1 is 1.19 bits per heavy atom. The number of hydrogen-bond donors (Lipinski definition) is 1. The van der Waals surface area contributed by atoms with Gasteiger partial charge < -0.3 is 9.80 Å². The zero-order chi connectivity index (χ0) is 15.2. The number of nitrogens with zero attached hydrogens (tertiary/aromatic N) is 4. The van der Waals surface area contributed by atoms with Gasteiger partial charge in [-0.2, -0.15) is 0 Å². The predicted octanol–water partition coefficient (Wildman–Crippen LogP) is 1.88. The fraction of sp³-hybridized carbons (Fsp3) is 0.800. The van der Waals surface area contributed by atoms with E-state index in [0.717, 1.165) is 51.3 Å². The number of nitrogens with one attached hydrogen (secondary N) is 1. The molecule has 1 aliphatic rings. The molecule has 0 atom stereocenters. The van der Waals surface area contributed by atoms with Gasteiger partial charge in [0.25, 0.3) is 5.91 Å². The zero-order valence-corrected chi connectivity index (χ0v) is 13.4. The molecule has 6 heteroatoms. The summed E-state index contributed by atoms with van der Waals surface area (Å²) < 4.78 is 0. The highest BCUT2D eigenvalue weighted by atomic mass is 16.2. The van der Waals surface area contributed by atoms with Crippen molar-refractivity contribution in [2.75, 3.05) is 32.7 Å². The summed E-state index contributed by atoms with van der Waals surface area (Å²) in [5.41, 5.74) is 0. The molecule has 1 amide bonds. The molecular formula is C15H27N5O. The summed E-state index contributed by atoms with van der Waals surface area (Å²) in [6.07, 6.45) is 3.30. The lowest BCUT2D eigenvalue weighted by molar-refractivity contribution is 0.0745. The van der Waals surface area contributed by atoms with E-state index in [9.17, 15) is 4.79 Å². The van der Waals surface area contributed by atoms with E-state index in [0.29, 0.717) is 18.3 Å². The van der Waals surface area contributed by atoms with E-state index in [4.69, 9.17) is 0 Å². The maximum Gasteiger partial charge on any atom is 0.293 e. The van der Waals surface area contributed by atoms with E-state index in [1.165, 1.54) is 0 Å². The molecule has 0 bridgehead atoms. The Morgan fingerprint density at radius 3 is 2.48 bits per heavy atom. The summed E-state index contributed by atoms with van der Waals surface area (Å²) in [6.45, 7) is 10.9. The highest BCUT2D eigenvalue weighted by Gasteiger charge is 2.29. The van der Waals surface area contributed by atoms with Crippen LogP contribution in [-0.2, 0) is 0 Å². The smallest absolute Gasteiger partial charge is 0.293 e. The molecule has 1 heterocycles. The molecule has 0 spiro atoms. The van der Waals surface area contributed by atoms with Gasteiger partial charge in [0.15, 0.2) is 0 Å². The summed E-state index contributed by atoms with van der Waals surface area (Å²) in [5.74, 6) is 1.64. The SMILES string of the molecule is CCN(CC)CCCN(CC)C(=O)c1n[nH]c(C2CC2)n1. The van der Waals surface area contributed by atoms with Crippen molar-refractivity contribution in [1.29, 1.82) is 0 Å². The number of aromatic amines is 1. The van der Waals surface area contributed by atoms with Crippen LogP contribution < -0.4 is 0 Å². The van der Waals surface area contributed by atoms with E-state index >= 15 is 0 Å². The van der Waals surface area contributed by atoms with Crippen molar-refractivity contribution in [3.63, 3.8) is 0 Å². The topological polar surface area (TPSA) is 65.1 Å². The minimum absolute atomic E-state index is 0.0554. The van der Waals surface area contributed by atoms with Crippen molar-refractivity contribution in [1.82, 2.24) is 25.0 Å². The molecule has 1 aliphatic carbocycles. The third-order valence-electron chi connectivity index (χ3n) is 4.12. The fourth-order valence-electron chi connectivity index (χ4n) is 2.48. The van der Waals surface area contributed by atoms with Crippen molar-refractivity contribution in [3.8, 4) is 0 Å². The maximum absolute atomic E-state index is 12.4. The third-order valence-corrected chi connectivity index (χ3v) is 4.12. The zero-order valence-electron chi connectivity index (χ0n) is 13.4. The Hall–Kier alpha value is -1.43. The van der Waals surface area contributed by atoms with Crippen molar-refractivity contribution < 1.29 is 4.79 Å². The van der Waals surface area contributed by atoms with Crippen molar-refractivity contribution in [2.24, 2.45) is 0 Å². The summed E-state index contributed by atoms with van der Waals surface area (Å²) in [5, 5.41) is 6.99. The van der Waals surface area contributed by atoms with Gasteiger partial charge in [-0.05, 0) is 45.8 Å². The van der Waals surface area contributed by atoms with E-state index in [1.54, 1.807) is 0 Å². The average Bonchev–Trinajstić information content (AvgIpc) is 3.24. The fourth-order valence-corrected chi connectivity index (χ4v) is 2.48. The molecule has 21 heavy (non-hydrogen) atoms. The molecule has 0 radical (unpaired) electrons. The number of amides is 1. The minimum atomic E-state index is -0.0554. The molecule has 0 unspecified atom stereocenters. The van der Waals surface area contributed by atoms with Crippen LogP contribution in [-0.4, -0.2) is 63.6 Å². The third kappa shape index (κ3) is 4.27. The quantitative estimate of drug-likeness (QED) is 0.755. The van der Waals surface area contributed by atoms with Gasteiger partial charge in [-0.1, -0.05) is 13.8 Å². The predicted molar refractivity (Wildman–Crippen MR) is 82.3 cm³/mol. The lowest BCUT2D eigenvalue weighted by Crippen LogP contribution is -2.35. The lowest BCUT2D eigenvalue weighted by Gasteiger charge is -2.22. The van der Waals surface area contributed by atoms with Crippen LogP contribution in [0.2, 0.25) is 0 Å². The number of rotatable bonds is 9. The Balaban J connectivity index is 1.85. The van der Waals surface area contributed by atoms with Gasteiger partial charge in [0, 0.05) is 19.0 Å². The second-order valence-corrected chi connectivity index (χ2v) is 5.58. The molecule has 0 aromatic carbocycles. The highest BCUT2D eigenvalue weighted by molar-refractivity contribution is 5.90. The summed E-state index contributed by atoms with van der Waals surface area (Å²) in [7, 11) is 0. The first kappa shape index (κ1) is 15.9. The van der Waals surface area contributed by atoms with E-state index in [-0.39, 0.29) is 5.91 Å². The van der Waals surface area contributed by atoms with Crippen LogP contribution in [0.25, 0.3) is 0 Å². The molecule has 0 aliphatic heterocycles. The molecule has 1 aromatic heterocycles. The monoisotopic (exact) mass is 293 g/mol. The number of carbonyl (C=O) groups excluding carboxylic acids is 1. The van der Waals surface area contributed by atoms with Crippen LogP contribution in [0.5, 0.6) is 0 Å². The summed E-state index contributed by atoms with van der Waals surface area (Å²) in [4.78, 5) is 21.0. The lowest BCUT2D eigenvalue weighted by atomic mass is 10.3. The number of hydrogen-bond acceptors (Lipinski definition) is 4. The normalized spacial score (nSPS) is 14.7. The first-order chi connectivity index (χ1) is 10.2. The first-order valence-electron chi connectivity index (χ1n) is 8.13. The summed E-state index contributed by atoms with van der Waals surface area (Å²) in [6, 6.07) is 0. The minimum Gasteiger partial charge on any atom is -0.336 e. The average molecular weight is 293 g/mol. The highest BCUT2D eigenvalue weighted by Crippen LogP contribution is 2.37. The Kier molecular flexibility index (Phi) is 5.73. The van der Waals surface area contributed by atoms with Crippen LogP contribution in [0.4, 0.5) is 0 Å². The standard InChI is InChI=1S/C15H27N5O/c1-4-19(5-2)10-7-11-20(6-3)15(21)14-16-13(17-18-14)12-8-9-12/h12H,4-11H2,1-3H3,(H,16,17,18). The van der Waals surface area contributed by atoms with Crippen LogP contribution in [0.15, 0.2) is 0 Å². The molecule has 2 rings (SSSR count). The van der Waals surface area contributed by atoms with Crippen LogP contribution >= 0.6 is 0 Å². The summed E-state index contributed by atoms with van der Waals surface area (Å²) >= 11 is 0. The van der Waals surface area contributed by atoms with Crippen molar-refractivity contribution in [3.05, 3.63) is 11.6 Å². The largest absolute Gasteiger partial charge is 0.336 e. The van der Waals surface area contributed by atoms with E-state index < -0.39 is 0 Å². The van der Waals surface area contributed by atoms with Gasteiger partial charge in [0.2, 0.25) is 5.82 Å². The van der Waals surface area contributed by atoms with Gasteiger partial charge in [-0.15, -0.1) is 5.10 Å². The second-order valence-electron chi connectivity index (χ2n) is 5.58. The van der Waals surface area contributed by atoms with Crippen LogP contribution in [0.3, 0.4) is 0 Å². The van der Waals surface area contributed by atoms with Gasteiger partial charge in [0.1, 0.15) is 5.82 Å². The van der Waals surface area contributed by atoms with Gasteiger partial charge in [-0.25, -0.2) is 4.98 Å². The van der Waals surface area contributed by atoms with E-state index in [2.05, 4.69) is 33.9 Å². The number of carbonyl (C=O) groups is 1. The maximum atomic E-state index is 12.4. The molecule has 1 N–H and O–H groups in total. The first-order valence-corrected chi connectivity index (χ1v) is 8.13. The van der Waals surface area contributed by atoms with Crippen LogP contribution in [0, 0.1) is 0 Å². The molecule has 6 nitrogen and oxygen atoms in total. The molecule has 1 saturated carbocycles. The van der Waals surface area contributed by atoms with Crippen LogP contribution in [0.1, 0.15) is 62.4 Å². The molecule has 118 valence electrons. The van der Waals surface area contributed by atoms with Crippen molar-refractivity contribution in [2.45, 2.75) is 46.0 Å². The van der Waals surface area contributed by atoms with Gasteiger partial charge >= 0.3 is 0 Å². The number of aromatic nitrogens is 3. The molecule has 1 aromatic rings.